The number of aromatic nitrogens is 3. The topological polar surface area (TPSA) is 106 Å². The zero-order chi connectivity index (χ0) is 28.2. The van der Waals surface area contributed by atoms with E-state index in [-0.39, 0.29) is 17.4 Å². The van der Waals surface area contributed by atoms with E-state index < -0.39 is 11.4 Å². The maximum Gasteiger partial charge on any atom is 0.282 e. The Balaban J connectivity index is 1.56. The lowest BCUT2D eigenvalue weighted by molar-refractivity contribution is 0.282. The van der Waals surface area contributed by atoms with Crippen molar-refractivity contribution in [3.05, 3.63) is 112 Å². The van der Waals surface area contributed by atoms with Gasteiger partial charge in [0.2, 0.25) is 0 Å². The van der Waals surface area contributed by atoms with Gasteiger partial charge in [-0.15, -0.1) is 0 Å². The van der Waals surface area contributed by atoms with E-state index >= 15 is 4.39 Å². The molecule has 2 aromatic heterocycles. The molecule has 8 heteroatoms. The van der Waals surface area contributed by atoms with Crippen molar-refractivity contribution >= 4 is 16.6 Å². The summed E-state index contributed by atoms with van der Waals surface area (Å²) in [4.78, 5) is 22.3. The summed E-state index contributed by atoms with van der Waals surface area (Å²) < 4.78 is 16.5. The fourth-order valence-electron chi connectivity index (χ4n) is 5.30. The van der Waals surface area contributed by atoms with Gasteiger partial charge in [-0.1, -0.05) is 39.0 Å². The number of benzene rings is 3. The first-order chi connectivity index (χ1) is 19.2. The third-order valence-corrected chi connectivity index (χ3v) is 7.46. The summed E-state index contributed by atoms with van der Waals surface area (Å²) in [5.74, 6) is -0.152. The molecule has 200 valence electrons. The van der Waals surface area contributed by atoms with Crippen molar-refractivity contribution in [3.8, 4) is 27.9 Å². The number of nitrogens with two attached hydrogens (primary N) is 1. The van der Waals surface area contributed by atoms with Crippen molar-refractivity contribution in [1.29, 1.82) is 0 Å². The third-order valence-electron chi connectivity index (χ3n) is 7.46. The van der Waals surface area contributed by atoms with Gasteiger partial charge in [0.1, 0.15) is 11.7 Å². The number of nitrogens with zero attached hydrogens (tertiary/aromatic N) is 4. The predicted octanol–water partition coefficient (Wildman–Crippen LogP) is 5.26. The summed E-state index contributed by atoms with van der Waals surface area (Å²) in [5, 5.41) is 15.4. The van der Waals surface area contributed by atoms with E-state index in [1.807, 2.05) is 51.1 Å². The number of aliphatic hydroxyl groups is 1. The van der Waals surface area contributed by atoms with Gasteiger partial charge in [0.05, 0.1) is 30.4 Å². The second-order valence-electron chi connectivity index (χ2n) is 11.0. The number of amidine groups is 1. The maximum absolute atomic E-state index is 15.3. The summed E-state index contributed by atoms with van der Waals surface area (Å²) >= 11 is 0. The average Bonchev–Trinajstić information content (AvgIpc) is 3.32. The minimum absolute atomic E-state index is 0.0438. The first kappa shape index (κ1) is 25.6. The lowest BCUT2D eigenvalue weighted by Crippen LogP contribution is -2.24. The van der Waals surface area contributed by atoms with Crippen molar-refractivity contribution in [2.75, 3.05) is 0 Å². The molecule has 0 amide bonds. The van der Waals surface area contributed by atoms with Gasteiger partial charge in [-0.2, -0.15) is 9.78 Å². The van der Waals surface area contributed by atoms with Gasteiger partial charge in [0, 0.05) is 34.5 Å². The molecule has 0 fully saturated rings. The highest BCUT2D eigenvalue weighted by molar-refractivity contribution is 6.04. The lowest BCUT2D eigenvalue weighted by Gasteiger charge is -2.20. The summed E-state index contributed by atoms with van der Waals surface area (Å²) in [7, 11) is 0. The van der Waals surface area contributed by atoms with Crippen molar-refractivity contribution < 1.29 is 9.50 Å². The lowest BCUT2D eigenvalue weighted by atomic mass is 9.86. The number of hydrogen-bond donors (Lipinski definition) is 2. The van der Waals surface area contributed by atoms with Gasteiger partial charge in [0.25, 0.3) is 5.56 Å². The van der Waals surface area contributed by atoms with E-state index in [9.17, 15) is 9.90 Å². The molecule has 5 aromatic rings. The van der Waals surface area contributed by atoms with Crippen LogP contribution in [-0.4, -0.2) is 25.7 Å². The van der Waals surface area contributed by atoms with Crippen LogP contribution in [0.5, 0.6) is 0 Å². The van der Waals surface area contributed by atoms with Gasteiger partial charge >= 0.3 is 0 Å². The Morgan fingerprint density at radius 2 is 1.80 bits per heavy atom. The number of halogens is 1. The number of rotatable bonds is 4. The average molecular weight is 534 g/mol. The smallest absolute Gasteiger partial charge is 0.282 e. The van der Waals surface area contributed by atoms with Crippen LogP contribution in [0.4, 0.5) is 4.39 Å². The zero-order valence-electron chi connectivity index (χ0n) is 22.4. The molecule has 3 aromatic carbocycles. The van der Waals surface area contributed by atoms with Crippen LogP contribution in [0.15, 0.2) is 83.0 Å². The minimum atomic E-state index is -0.597. The molecule has 3 heterocycles. The van der Waals surface area contributed by atoms with Gasteiger partial charge in [-0.3, -0.25) is 14.8 Å². The Bertz CT molecular complexity index is 1890. The molecule has 40 heavy (non-hydrogen) atoms. The largest absolute Gasteiger partial charge is 0.392 e. The number of fused-ring (bicyclic) bond motifs is 2. The number of aliphatic imine (C=N–C) groups is 1. The highest BCUT2D eigenvalue weighted by Gasteiger charge is 2.23. The molecule has 1 aliphatic heterocycles. The fourth-order valence-corrected chi connectivity index (χ4v) is 5.30. The number of hydrogen-bond acceptors (Lipinski definition) is 6. The molecular formula is C32H28FN5O2. The molecule has 0 aliphatic carbocycles. The molecule has 0 saturated carbocycles. The Hall–Kier alpha value is -4.69. The molecule has 1 aliphatic rings. The first-order valence-electron chi connectivity index (χ1n) is 13.0. The predicted molar refractivity (Wildman–Crippen MR) is 155 cm³/mol. The van der Waals surface area contributed by atoms with Crippen LogP contribution in [0, 0.1) is 5.82 Å². The Morgan fingerprint density at radius 1 is 1.00 bits per heavy atom. The summed E-state index contributed by atoms with van der Waals surface area (Å²) in [6, 6.07) is 16.4. The Kier molecular flexibility index (Phi) is 6.07. The number of pyridine rings is 1. The molecule has 0 unspecified atom stereocenters. The monoisotopic (exact) mass is 533 g/mol. The molecule has 0 radical (unpaired) electrons. The summed E-state index contributed by atoms with van der Waals surface area (Å²) in [5.41, 5.74) is 12.2. The second-order valence-corrected chi connectivity index (χ2v) is 11.0. The summed E-state index contributed by atoms with van der Waals surface area (Å²) in [6.07, 6.45) is 5.00. The van der Waals surface area contributed by atoms with E-state index in [0.717, 1.165) is 38.1 Å². The number of aliphatic hydroxyl groups excluding tert-OH is 1. The molecule has 6 rings (SSSR count). The van der Waals surface area contributed by atoms with Crippen LogP contribution in [0.25, 0.3) is 38.7 Å². The van der Waals surface area contributed by atoms with Crippen LogP contribution in [0.3, 0.4) is 0 Å². The van der Waals surface area contributed by atoms with E-state index in [2.05, 4.69) is 15.1 Å². The molecule has 0 saturated heterocycles. The second kappa shape index (κ2) is 9.50. The van der Waals surface area contributed by atoms with Crippen LogP contribution < -0.4 is 11.3 Å². The molecule has 0 spiro atoms. The minimum Gasteiger partial charge on any atom is -0.392 e. The first-order valence-corrected chi connectivity index (χ1v) is 13.0. The molecular weight excluding hydrogens is 505 g/mol. The highest BCUT2D eigenvalue weighted by Crippen LogP contribution is 2.37. The normalized spacial score (nSPS) is 13.0. The maximum atomic E-state index is 15.3. The van der Waals surface area contributed by atoms with E-state index in [0.29, 0.717) is 34.6 Å². The van der Waals surface area contributed by atoms with Crippen LogP contribution in [0.2, 0.25) is 0 Å². The van der Waals surface area contributed by atoms with Crippen LogP contribution >= 0.6 is 0 Å². The van der Waals surface area contributed by atoms with Gasteiger partial charge in [-0.25, -0.2) is 4.39 Å². The van der Waals surface area contributed by atoms with Crippen molar-refractivity contribution in [1.82, 2.24) is 14.8 Å². The van der Waals surface area contributed by atoms with Crippen molar-refractivity contribution in [2.45, 2.75) is 39.3 Å². The molecule has 3 N–H and O–H groups in total. The summed E-state index contributed by atoms with van der Waals surface area (Å²) in [6.45, 7) is 6.06. The van der Waals surface area contributed by atoms with E-state index in [1.165, 1.54) is 12.3 Å². The van der Waals surface area contributed by atoms with Gasteiger partial charge < -0.3 is 10.8 Å². The third kappa shape index (κ3) is 4.17. The van der Waals surface area contributed by atoms with Crippen molar-refractivity contribution in [2.24, 2.45) is 10.7 Å². The molecule has 0 bridgehead atoms. The molecule has 7 nitrogen and oxygen atoms in total. The zero-order valence-corrected chi connectivity index (χ0v) is 22.4. The standard InChI is InChI=1S/C32H28FN5O2/c1-32(2,3)21-10-20-15-37-38(31(40)29(20)27(33)13-21)28-8-4-7-22(26(28)17-39)19-11-23(18-6-5-9-35-14-18)25-16-36-30(34)24(25)12-19/h4-15,39H,16-17H2,1-3H3,(H2,34,36). The van der Waals surface area contributed by atoms with Crippen LogP contribution in [0.1, 0.15) is 43.0 Å². The van der Waals surface area contributed by atoms with Crippen LogP contribution in [-0.2, 0) is 18.6 Å². The Morgan fingerprint density at radius 3 is 2.52 bits per heavy atom. The van der Waals surface area contributed by atoms with E-state index in [4.69, 9.17) is 5.73 Å². The van der Waals surface area contributed by atoms with Gasteiger partial charge in [0.15, 0.2) is 0 Å². The molecule has 0 atom stereocenters. The highest BCUT2D eigenvalue weighted by atomic mass is 19.1. The quantitative estimate of drug-likeness (QED) is 0.328. The SMILES string of the molecule is CC(C)(C)c1cc(F)c2c(=O)n(-c3cccc(-c4cc5c(c(-c6cccnc6)c4)CN=C5N)c3CO)ncc2c1. The van der Waals surface area contributed by atoms with E-state index in [1.54, 1.807) is 30.6 Å². The van der Waals surface area contributed by atoms with Crippen molar-refractivity contribution in [3.63, 3.8) is 0 Å². The Labute approximate surface area is 230 Å². The van der Waals surface area contributed by atoms with Gasteiger partial charge in [-0.05, 0) is 69.6 Å². The fraction of sp³-hybridized carbons (Fsp3) is 0.188.